The van der Waals surface area contributed by atoms with Gasteiger partial charge < -0.3 is 20.5 Å². The first-order valence-corrected chi connectivity index (χ1v) is 8.01. The zero-order valence-corrected chi connectivity index (χ0v) is 15.3. The molecule has 0 aliphatic carbocycles. The normalized spacial score (nSPS) is 10.9. The summed E-state index contributed by atoms with van der Waals surface area (Å²) in [6.07, 6.45) is 0. The molecule has 2 amide bonds. The van der Waals surface area contributed by atoms with Crippen LogP contribution in [0, 0.1) is 0 Å². The average molecular weight is 357 g/mol. The van der Waals surface area contributed by atoms with E-state index in [4.69, 9.17) is 15.6 Å². The summed E-state index contributed by atoms with van der Waals surface area (Å²) in [5.74, 6) is -0.685. The van der Waals surface area contributed by atoms with Crippen molar-refractivity contribution in [3.05, 3.63) is 48.5 Å². The lowest BCUT2D eigenvalue weighted by Gasteiger charge is -2.24. The van der Waals surface area contributed by atoms with Crippen molar-refractivity contribution in [3.63, 3.8) is 0 Å². The second-order valence-electron chi connectivity index (χ2n) is 6.50. The Bertz CT molecular complexity index is 783. The van der Waals surface area contributed by atoms with E-state index in [0.717, 1.165) is 5.69 Å². The summed E-state index contributed by atoms with van der Waals surface area (Å²) in [6.45, 7) is 2.93. The Morgan fingerprint density at radius 2 is 1.35 bits per heavy atom. The number of carbonyl (C=O) groups is 2. The van der Waals surface area contributed by atoms with Gasteiger partial charge in [-0.15, -0.1) is 0 Å². The Kier molecular flexibility index (Phi) is 5.40. The lowest BCUT2D eigenvalue weighted by Crippen LogP contribution is -2.37. The summed E-state index contributed by atoms with van der Waals surface area (Å²) in [6, 6.07) is 13.3. The van der Waals surface area contributed by atoms with Gasteiger partial charge in [0.2, 0.25) is 0 Å². The van der Waals surface area contributed by atoms with E-state index >= 15 is 0 Å². The first-order valence-electron chi connectivity index (χ1n) is 8.01. The highest BCUT2D eigenvalue weighted by atomic mass is 16.5. The highest BCUT2D eigenvalue weighted by Gasteiger charge is 2.29. The van der Waals surface area contributed by atoms with E-state index in [1.54, 1.807) is 36.4 Å². The number of ether oxygens (including phenoxy) is 1. The van der Waals surface area contributed by atoms with Crippen molar-refractivity contribution in [2.75, 3.05) is 23.9 Å². The van der Waals surface area contributed by atoms with Gasteiger partial charge in [0.1, 0.15) is 5.75 Å². The number of nitrogens with zero attached hydrogens (tertiary/aromatic N) is 2. The Balaban J connectivity index is 2.28. The number of rotatable bonds is 6. The molecule has 0 heterocycles. The van der Waals surface area contributed by atoms with Crippen LogP contribution in [0.25, 0.3) is 0 Å². The quantitative estimate of drug-likeness (QED) is 0.827. The number of carboxylic acid groups (broad SMARTS) is 1. The van der Waals surface area contributed by atoms with Gasteiger partial charge in [0.25, 0.3) is 0 Å². The molecule has 2 rings (SSSR count). The van der Waals surface area contributed by atoms with Crippen molar-refractivity contribution in [2.45, 2.75) is 19.4 Å². The second-order valence-corrected chi connectivity index (χ2v) is 6.50. The number of hydrogen-bond acceptors (Lipinski definition) is 4. The third-order valence-electron chi connectivity index (χ3n) is 3.83. The zero-order valence-electron chi connectivity index (χ0n) is 15.3. The zero-order chi connectivity index (χ0) is 19.5. The molecule has 7 heteroatoms. The number of urea groups is 1. The maximum absolute atomic E-state index is 12.0. The molecule has 7 nitrogen and oxygen atoms in total. The van der Waals surface area contributed by atoms with Crippen LogP contribution in [0.15, 0.2) is 48.5 Å². The van der Waals surface area contributed by atoms with Gasteiger partial charge in [0.05, 0.1) is 11.4 Å². The van der Waals surface area contributed by atoms with Crippen LogP contribution >= 0.6 is 0 Å². The Morgan fingerprint density at radius 1 is 0.923 bits per heavy atom. The Labute approximate surface area is 152 Å². The van der Waals surface area contributed by atoms with Crippen LogP contribution in [0.5, 0.6) is 5.75 Å². The number of amides is 2. The van der Waals surface area contributed by atoms with Crippen molar-refractivity contribution in [2.24, 2.45) is 5.73 Å². The molecule has 0 radical (unpaired) electrons. The van der Waals surface area contributed by atoms with Crippen molar-refractivity contribution in [1.82, 2.24) is 0 Å². The number of nitrogens with two attached hydrogens (primary N) is 1. The fraction of sp³-hybridized carbons (Fsp3) is 0.263. The molecule has 0 spiro atoms. The van der Waals surface area contributed by atoms with Gasteiger partial charge in [-0.2, -0.15) is 0 Å². The second kappa shape index (κ2) is 7.35. The molecule has 2 aromatic rings. The van der Waals surface area contributed by atoms with Crippen LogP contribution in [-0.2, 0) is 4.79 Å². The van der Waals surface area contributed by atoms with Crippen molar-refractivity contribution < 1.29 is 19.4 Å². The fourth-order valence-electron chi connectivity index (χ4n) is 2.30. The van der Waals surface area contributed by atoms with E-state index in [9.17, 15) is 9.59 Å². The summed E-state index contributed by atoms with van der Waals surface area (Å²) in [5.41, 5.74) is 6.37. The SMILES string of the molecule is CN(C)c1ccc(N(C(N)=O)c2ccc(OC(C)(C)C(=O)O)cc2)cc1. The lowest BCUT2D eigenvalue weighted by molar-refractivity contribution is -0.152. The van der Waals surface area contributed by atoms with Gasteiger partial charge in [-0.3, -0.25) is 4.90 Å². The molecule has 2 aromatic carbocycles. The minimum Gasteiger partial charge on any atom is -0.478 e. The monoisotopic (exact) mass is 357 g/mol. The molecule has 0 saturated heterocycles. The first kappa shape index (κ1) is 19.1. The van der Waals surface area contributed by atoms with Crippen LogP contribution < -0.4 is 20.3 Å². The summed E-state index contributed by atoms with van der Waals surface area (Å²) < 4.78 is 5.47. The van der Waals surface area contributed by atoms with Crippen LogP contribution in [0.2, 0.25) is 0 Å². The fourth-order valence-corrected chi connectivity index (χ4v) is 2.30. The third kappa shape index (κ3) is 4.24. The summed E-state index contributed by atoms with van der Waals surface area (Å²) in [7, 11) is 3.86. The third-order valence-corrected chi connectivity index (χ3v) is 3.83. The number of primary amides is 1. The standard InChI is InChI=1S/C19H23N3O4/c1-19(2,17(23)24)26-16-11-9-15(10-12-16)22(18(20)25)14-7-5-13(6-8-14)21(3)4/h5-12H,1-4H3,(H2,20,25)(H,23,24). The van der Waals surface area contributed by atoms with Crippen LogP contribution in [0.4, 0.5) is 21.9 Å². The number of benzene rings is 2. The molecular weight excluding hydrogens is 334 g/mol. The Morgan fingerprint density at radius 3 is 1.73 bits per heavy atom. The molecule has 0 aliphatic heterocycles. The molecular formula is C19H23N3O4. The van der Waals surface area contributed by atoms with Crippen LogP contribution in [0.3, 0.4) is 0 Å². The van der Waals surface area contributed by atoms with Gasteiger partial charge in [-0.05, 0) is 62.4 Å². The molecule has 0 unspecified atom stereocenters. The van der Waals surface area contributed by atoms with E-state index in [2.05, 4.69) is 0 Å². The summed E-state index contributed by atoms with van der Waals surface area (Å²) >= 11 is 0. The smallest absolute Gasteiger partial charge is 0.347 e. The number of hydrogen-bond donors (Lipinski definition) is 2. The topological polar surface area (TPSA) is 96.1 Å². The van der Waals surface area contributed by atoms with E-state index in [0.29, 0.717) is 17.1 Å². The maximum Gasteiger partial charge on any atom is 0.347 e. The van der Waals surface area contributed by atoms with Gasteiger partial charge in [-0.25, -0.2) is 9.59 Å². The summed E-state index contributed by atoms with van der Waals surface area (Å²) in [4.78, 5) is 26.4. The largest absolute Gasteiger partial charge is 0.478 e. The Hall–Kier alpha value is -3.22. The van der Waals surface area contributed by atoms with Crippen molar-refractivity contribution in [3.8, 4) is 5.75 Å². The molecule has 0 aromatic heterocycles. The average Bonchev–Trinajstić information content (AvgIpc) is 2.56. The summed E-state index contributed by atoms with van der Waals surface area (Å²) in [5, 5.41) is 9.13. The van der Waals surface area contributed by atoms with E-state index < -0.39 is 17.6 Å². The van der Waals surface area contributed by atoms with Gasteiger partial charge in [0.15, 0.2) is 5.60 Å². The maximum atomic E-state index is 12.0. The number of anilines is 3. The minimum atomic E-state index is -1.35. The highest BCUT2D eigenvalue weighted by Crippen LogP contribution is 2.29. The van der Waals surface area contributed by atoms with Gasteiger partial charge >= 0.3 is 12.0 Å². The lowest BCUT2D eigenvalue weighted by atomic mass is 10.1. The number of carboxylic acids is 1. The van der Waals surface area contributed by atoms with E-state index in [1.807, 2.05) is 31.1 Å². The first-order chi connectivity index (χ1) is 12.1. The van der Waals surface area contributed by atoms with E-state index in [-0.39, 0.29) is 0 Å². The van der Waals surface area contributed by atoms with Crippen molar-refractivity contribution >= 4 is 29.1 Å². The minimum absolute atomic E-state index is 0.383. The number of carbonyl (C=O) groups excluding carboxylic acids is 1. The predicted octanol–water partition coefficient (Wildman–Crippen LogP) is 3.21. The van der Waals surface area contributed by atoms with Crippen molar-refractivity contribution in [1.29, 1.82) is 0 Å². The van der Waals surface area contributed by atoms with E-state index in [1.165, 1.54) is 18.7 Å². The van der Waals surface area contributed by atoms with Gasteiger partial charge in [-0.1, -0.05) is 0 Å². The molecule has 0 fully saturated rings. The highest BCUT2D eigenvalue weighted by molar-refractivity contribution is 5.98. The molecule has 0 aliphatic rings. The van der Waals surface area contributed by atoms with Crippen LogP contribution in [0.1, 0.15) is 13.8 Å². The molecule has 26 heavy (non-hydrogen) atoms. The van der Waals surface area contributed by atoms with Crippen LogP contribution in [-0.4, -0.2) is 36.8 Å². The number of aliphatic carboxylic acids is 1. The predicted molar refractivity (Wildman–Crippen MR) is 101 cm³/mol. The molecule has 138 valence electrons. The molecule has 0 bridgehead atoms. The molecule has 3 N–H and O–H groups in total. The molecule has 0 atom stereocenters. The van der Waals surface area contributed by atoms with Gasteiger partial charge in [0, 0.05) is 19.8 Å². The molecule has 0 saturated carbocycles.